The molecule has 0 bridgehead atoms. The van der Waals surface area contributed by atoms with E-state index in [2.05, 4.69) is 38.2 Å². The zero-order valence-corrected chi connectivity index (χ0v) is 39.7. The number of rotatable bonds is 39. The summed E-state index contributed by atoms with van der Waals surface area (Å²) in [5.41, 5.74) is -0.388. The van der Waals surface area contributed by atoms with Crippen molar-refractivity contribution in [1.82, 2.24) is 0 Å². The molecule has 7 nitrogen and oxygen atoms in total. The molecule has 0 unspecified atom stereocenters. The predicted molar refractivity (Wildman–Crippen MR) is 232 cm³/mol. The van der Waals surface area contributed by atoms with E-state index >= 15 is 0 Å². The summed E-state index contributed by atoms with van der Waals surface area (Å²) in [5, 5.41) is 0. The minimum Gasteiger partial charge on any atom is -0.744 e. The summed E-state index contributed by atoms with van der Waals surface area (Å²) >= 11 is 0. The first-order valence-corrected chi connectivity index (χ1v) is 24.5. The molecule has 1 aromatic rings. The van der Waals surface area contributed by atoms with E-state index in [1.165, 1.54) is 167 Å². The van der Waals surface area contributed by atoms with E-state index in [-0.39, 0.29) is 53.9 Å². The Morgan fingerprint density at radius 1 is 0.474 bits per heavy atom. The van der Waals surface area contributed by atoms with Gasteiger partial charge >= 0.3 is 41.5 Å². The van der Waals surface area contributed by atoms with E-state index in [9.17, 15) is 22.6 Å². The van der Waals surface area contributed by atoms with Crippen molar-refractivity contribution < 1.29 is 61.6 Å². The topological polar surface area (TPSA) is 110 Å². The monoisotopic (exact) mass is 825 g/mol. The minimum atomic E-state index is -4.83. The molecule has 0 heterocycles. The molecule has 57 heavy (non-hydrogen) atoms. The van der Waals surface area contributed by atoms with Crippen LogP contribution in [0, 0.1) is 0 Å². The third kappa shape index (κ3) is 33.0. The van der Waals surface area contributed by atoms with Gasteiger partial charge in [-0.1, -0.05) is 192 Å². The molecule has 0 atom stereocenters. The van der Waals surface area contributed by atoms with Gasteiger partial charge in [-0.3, -0.25) is 0 Å². The maximum absolute atomic E-state index is 12.9. The Kier molecular flexibility index (Phi) is 39.0. The number of carbonyl (C=O) groups is 2. The fraction of sp³-hybridized carbons (Fsp3) is 0.750. The second kappa shape index (κ2) is 40.0. The number of ether oxygens (including phenoxy) is 2. The zero-order valence-electron chi connectivity index (χ0n) is 36.8. The molecule has 0 saturated heterocycles. The van der Waals surface area contributed by atoms with E-state index < -0.39 is 27.0 Å². The molecule has 9 heteroatoms. The molecule has 0 N–H and O–H groups in total. The fourth-order valence-electron chi connectivity index (χ4n) is 6.94. The molecule has 0 aromatic heterocycles. The second-order valence-electron chi connectivity index (χ2n) is 15.7. The number of hydrogen-bond donors (Lipinski definition) is 0. The van der Waals surface area contributed by atoms with E-state index in [1.807, 2.05) is 0 Å². The van der Waals surface area contributed by atoms with Crippen molar-refractivity contribution in [1.29, 1.82) is 0 Å². The Morgan fingerprint density at radius 3 is 1.11 bits per heavy atom. The summed E-state index contributed by atoms with van der Waals surface area (Å²) in [6.45, 7) is 4.79. The van der Waals surface area contributed by atoms with Crippen molar-refractivity contribution in [2.75, 3.05) is 13.2 Å². The fourth-order valence-corrected chi connectivity index (χ4v) is 7.44. The summed E-state index contributed by atoms with van der Waals surface area (Å²) in [6.07, 6.45) is 48.2. The van der Waals surface area contributed by atoms with Gasteiger partial charge < -0.3 is 14.0 Å². The summed E-state index contributed by atoms with van der Waals surface area (Å²) in [5.74, 6) is -1.60. The standard InChI is InChI=1S/C48H82O7S.Na/c1-3-5-7-9-11-13-15-17-19-21-23-25-27-29-31-33-35-37-41-54-47(49)45-40-39-44(56(51,52)53)43-46(45)48(50)55-42-38-36-34-32-30-28-26-24-22-20-18-16-14-12-10-8-6-4-2;/h31-34,39-40,43H,3-30,35-38,41-42H2,1-2H3,(H,51,52,53);/q;+1/p-1/b33-31+,34-32+;. The quantitative estimate of drug-likeness (QED) is 0.0214. The largest absolute Gasteiger partial charge is 1.00 e. The molecular weight excluding hydrogens is 744 g/mol. The van der Waals surface area contributed by atoms with Crippen LogP contribution >= 0.6 is 0 Å². The van der Waals surface area contributed by atoms with Gasteiger partial charge in [0.1, 0.15) is 10.1 Å². The molecule has 0 aliphatic carbocycles. The van der Waals surface area contributed by atoms with Gasteiger partial charge in [-0.25, -0.2) is 18.0 Å². The van der Waals surface area contributed by atoms with Crippen molar-refractivity contribution >= 4 is 22.1 Å². The van der Waals surface area contributed by atoms with E-state index in [0.29, 0.717) is 12.8 Å². The van der Waals surface area contributed by atoms with Crippen LogP contribution < -0.4 is 29.6 Å². The number of allylic oxidation sites excluding steroid dienone is 4. The van der Waals surface area contributed by atoms with Gasteiger partial charge in [-0.2, -0.15) is 0 Å². The number of unbranched alkanes of at least 4 members (excludes halogenated alkanes) is 28. The van der Waals surface area contributed by atoms with Crippen molar-refractivity contribution in [2.45, 2.75) is 224 Å². The number of benzene rings is 1. The summed E-state index contributed by atoms with van der Waals surface area (Å²) < 4.78 is 45.7. The van der Waals surface area contributed by atoms with Crippen molar-refractivity contribution in [3.63, 3.8) is 0 Å². The first-order chi connectivity index (χ1) is 27.3. The molecule has 0 spiro atoms. The summed E-state index contributed by atoms with van der Waals surface area (Å²) in [7, 11) is -4.83. The van der Waals surface area contributed by atoms with Gasteiger partial charge in [-0.05, 0) is 69.6 Å². The van der Waals surface area contributed by atoms with Gasteiger partial charge in [-0.15, -0.1) is 0 Å². The summed E-state index contributed by atoms with van der Waals surface area (Å²) in [6, 6.07) is 3.09. The molecule has 0 aliphatic heterocycles. The number of hydrogen-bond acceptors (Lipinski definition) is 7. The van der Waals surface area contributed by atoms with E-state index in [4.69, 9.17) is 9.47 Å². The predicted octanol–water partition coefficient (Wildman–Crippen LogP) is 11.5. The Hall–Kier alpha value is -1.45. The van der Waals surface area contributed by atoms with Crippen molar-refractivity contribution in [3.05, 3.63) is 53.6 Å². The third-order valence-corrected chi connectivity index (χ3v) is 11.3. The zero-order chi connectivity index (χ0) is 40.8. The van der Waals surface area contributed by atoms with Gasteiger partial charge in [0.2, 0.25) is 0 Å². The van der Waals surface area contributed by atoms with Crippen LogP contribution in [0.15, 0.2) is 47.4 Å². The van der Waals surface area contributed by atoms with E-state index in [0.717, 1.165) is 43.9 Å². The average Bonchev–Trinajstić information content (AvgIpc) is 3.18. The normalized spacial score (nSPS) is 11.7. The maximum Gasteiger partial charge on any atom is 1.00 e. The van der Waals surface area contributed by atoms with Crippen LogP contribution in [-0.4, -0.2) is 38.1 Å². The number of esters is 2. The van der Waals surface area contributed by atoms with Crippen LogP contribution in [0.5, 0.6) is 0 Å². The van der Waals surface area contributed by atoms with Crippen molar-refractivity contribution in [2.24, 2.45) is 0 Å². The molecule has 0 fully saturated rings. The van der Waals surface area contributed by atoms with Gasteiger partial charge in [0.05, 0.1) is 29.2 Å². The Balaban J connectivity index is 0.0000314. The molecule has 0 radical (unpaired) electrons. The Bertz CT molecular complexity index is 1280. The van der Waals surface area contributed by atoms with Crippen molar-refractivity contribution in [3.8, 4) is 0 Å². The second-order valence-corrected chi connectivity index (χ2v) is 17.1. The first kappa shape index (κ1) is 55.5. The van der Waals surface area contributed by atoms with Gasteiger partial charge in [0, 0.05) is 0 Å². The van der Waals surface area contributed by atoms with E-state index in [1.54, 1.807) is 0 Å². The van der Waals surface area contributed by atoms with Crippen LogP contribution in [0.3, 0.4) is 0 Å². The SMILES string of the molecule is CCCCCCCCCCCCCCC/C=C/CCCOC(=O)c1ccc(S(=O)(=O)[O-])cc1C(=O)OCCC/C=C/CCCCCCCCCCCCCCC.[Na+]. The summed E-state index contributed by atoms with van der Waals surface area (Å²) in [4.78, 5) is 25.2. The van der Waals surface area contributed by atoms with Crippen LogP contribution in [0.4, 0.5) is 0 Å². The third-order valence-electron chi connectivity index (χ3n) is 10.5. The molecule has 322 valence electrons. The van der Waals surface area contributed by atoms with Crippen LogP contribution in [0.1, 0.15) is 240 Å². The van der Waals surface area contributed by atoms with Crippen LogP contribution in [0.25, 0.3) is 0 Å². The number of carbonyl (C=O) groups excluding carboxylic acids is 2. The van der Waals surface area contributed by atoms with Gasteiger partial charge in [0.15, 0.2) is 0 Å². The average molecular weight is 825 g/mol. The smallest absolute Gasteiger partial charge is 0.744 e. The first-order valence-electron chi connectivity index (χ1n) is 23.0. The molecule has 0 amide bonds. The van der Waals surface area contributed by atoms with Crippen LogP contribution in [-0.2, 0) is 19.6 Å². The molecule has 0 saturated carbocycles. The molecule has 1 rings (SSSR count). The molecule has 1 aromatic carbocycles. The molecule has 0 aliphatic rings. The minimum absolute atomic E-state index is 0. The Morgan fingerprint density at radius 2 is 0.772 bits per heavy atom. The van der Waals surface area contributed by atoms with Crippen LogP contribution in [0.2, 0.25) is 0 Å². The Labute approximate surface area is 372 Å². The maximum atomic E-state index is 12.9. The van der Waals surface area contributed by atoms with Gasteiger partial charge in [0.25, 0.3) is 0 Å². The molecular formula is C48H81NaO7S.